The van der Waals surface area contributed by atoms with Gasteiger partial charge in [0.25, 0.3) is 0 Å². The highest BCUT2D eigenvalue weighted by Crippen LogP contribution is 2.25. The second-order valence-corrected chi connectivity index (χ2v) is 5.08. The number of benzene rings is 1. The van der Waals surface area contributed by atoms with Crippen LogP contribution in [0.4, 0.5) is 0 Å². The van der Waals surface area contributed by atoms with Gasteiger partial charge in [-0.25, -0.2) is 0 Å². The Labute approximate surface area is 105 Å². The van der Waals surface area contributed by atoms with Gasteiger partial charge >= 0.3 is 0 Å². The van der Waals surface area contributed by atoms with Gasteiger partial charge in [-0.2, -0.15) is 0 Å². The van der Waals surface area contributed by atoms with Crippen LogP contribution in [-0.2, 0) is 4.74 Å². The topological polar surface area (TPSA) is 35.2 Å². The maximum absolute atomic E-state index is 6.18. The number of rotatable bonds is 6. The molecule has 2 unspecified atom stereocenters. The zero-order valence-corrected chi connectivity index (χ0v) is 11.4. The van der Waals surface area contributed by atoms with Crippen LogP contribution in [-0.4, -0.2) is 12.6 Å². The summed E-state index contributed by atoms with van der Waals surface area (Å²) in [5.74, 6) is 0.533. The maximum atomic E-state index is 6.18. The van der Waals surface area contributed by atoms with Gasteiger partial charge in [0.2, 0.25) is 0 Å². The second kappa shape index (κ2) is 6.77. The lowest BCUT2D eigenvalue weighted by atomic mass is 9.96. The molecule has 0 saturated heterocycles. The number of hydrogen-bond donors (Lipinski definition) is 1. The molecule has 0 aromatic heterocycles. The van der Waals surface area contributed by atoms with Crippen molar-refractivity contribution in [3.63, 3.8) is 0 Å². The smallest absolute Gasteiger partial charge is 0.0978 e. The molecule has 96 valence electrons. The maximum Gasteiger partial charge on any atom is 0.0978 e. The minimum absolute atomic E-state index is 0.0172. The van der Waals surface area contributed by atoms with Crippen molar-refractivity contribution >= 4 is 0 Å². The fourth-order valence-electron chi connectivity index (χ4n) is 1.86. The molecule has 17 heavy (non-hydrogen) atoms. The molecule has 1 rings (SSSR count). The third-order valence-electron chi connectivity index (χ3n) is 2.96. The monoisotopic (exact) mass is 235 g/mol. The fourth-order valence-corrected chi connectivity index (χ4v) is 1.86. The van der Waals surface area contributed by atoms with E-state index in [9.17, 15) is 0 Å². The van der Waals surface area contributed by atoms with Crippen LogP contribution in [0.3, 0.4) is 0 Å². The van der Waals surface area contributed by atoms with Gasteiger partial charge in [0, 0.05) is 12.6 Å². The molecule has 0 saturated carbocycles. The average molecular weight is 235 g/mol. The van der Waals surface area contributed by atoms with E-state index in [-0.39, 0.29) is 12.1 Å². The molecule has 0 radical (unpaired) electrons. The molecule has 0 amide bonds. The van der Waals surface area contributed by atoms with Crippen molar-refractivity contribution in [3.8, 4) is 0 Å². The molecule has 2 atom stereocenters. The number of hydrogen-bond acceptors (Lipinski definition) is 2. The van der Waals surface area contributed by atoms with Crippen molar-refractivity contribution in [2.24, 2.45) is 11.7 Å². The summed E-state index contributed by atoms with van der Waals surface area (Å²) in [7, 11) is 0. The van der Waals surface area contributed by atoms with E-state index in [2.05, 4.69) is 52.0 Å². The van der Waals surface area contributed by atoms with Gasteiger partial charge in [0.15, 0.2) is 0 Å². The lowest BCUT2D eigenvalue weighted by Gasteiger charge is -2.26. The lowest BCUT2D eigenvalue weighted by molar-refractivity contribution is 0.0174. The first-order valence-electron chi connectivity index (χ1n) is 6.49. The Kier molecular flexibility index (Phi) is 5.66. The van der Waals surface area contributed by atoms with Crippen molar-refractivity contribution in [1.29, 1.82) is 0 Å². The molecular weight excluding hydrogens is 210 g/mol. The Bertz CT molecular complexity index is 335. The first kappa shape index (κ1) is 14.2. The van der Waals surface area contributed by atoms with Crippen LogP contribution in [0.1, 0.15) is 44.4 Å². The fraction of sp³-hybridized carbons (Fsp3) is 0.600. The largest absolute Gasteiger partial charge is 0.372 e. The zero-order valence-electron chi connectivity index (χ0n) is 11.4. The van der Waals surface area contributed by atoms with Crippen molar-refractivity contribution in [1.82, 2.24) is 0 Å². The van der Waals surface area contributed by atoms with Gasteiger partial charge in [-0.3, -0.25) is 0 Å². The van der Waals surface area contributed by atoms with E-state index in [4.69, 9.17) is 10.5 Å². The van der Waals surface area contributed by atoms with E-state index in [1.807, 2.05) is 0 Å². The summed E-state index contributed by atoms with van der Waals surface area (Å²) >= 11 is 0. The summed E-state index contributed by atoms with van der Waals surface area (Å²) in [6.07, 6.45) is 0.945. The highest BCUT2D eigenvalue weighted by atomic mass is 16.5. The predicted octanol–water partition coefficient (Wildman–Crippen LogP) is 3.45. The van der Waals surface area contributed by atoms with Crippen molar-refractivity contribution in [2.75, 3.05) is 6.61 Å². The van der Waals surface area contributed by atoms with E-state index in [1.54, 1.807) is 0 Å². The Hall–Kier alpha value is -0.860. The van der Waals surface area contributed by atoms with Crippen molar-refractivity contribution < 1.29 is 4.74 Å². The molecule has 1 aromatic rings. The average Bonchev–Trinajstić information content (AvgIpc) is 2.30. The Balaban J connectivity index is 2.86. The summed E-state index contributed by atoms with van der Waals surface area (Å²) in [6, 6.07) is 8.40. The molecule has 0 bridgehead atoms. The van der Waals surface area contributed by atoms with Crippen molar-refractivity contribution in [2.45, 2.75) is 46.3 Å². The molecule has 0 spiro atoms. The predicted molar refractivity (Wildman–Crippen MR) is 73.0 cm³/mol. The van der Waals surface area contributed by atoms with E-state index in [0.29, 0.717) is 5.92 Å². The highest BCUT2D eigenvalue weighted by Gasteiger charge is 2.20. The molecule has 2 nitrogen and oxygen atoms in total. The molecule has 0 aliphatic carbocycles. The molecule has 0 aliphatic rings. The third kappa shape index (κ3) is 4.14. The molecule has 1 aromatic carbocycles. The van der Waals surface area contributed by atoms with Crippen LogP contribution in [0, 0.1) is 12.8 Å². The van der Waals surface area contributed by atoms with Crippen molar-refractivity contribution in [3.05, 3.63) is 35.4 Å². The van der Waals surface area contributed by atoms with E-state index < -0.39 is 0 Å². The summed E-state index contributed by atoms with van der Waals surface area (Å²) in [5.41, 5.74) is 8.66. The van der Waals surface area contributed by atoms with Crippen LogP contribution in [0.2, 0.25) is 0 Å². The Morgan fingerprint density at radius 3 is 2.41 bits per heavy atom. The summed E-state index contributed by atoms with van der Waals surface area (Å²) in [6.45, 7) is 9.30. The normalized spacial score (nSPS) is 14.9. The second-order valence-electron chi connectivity index (χ2n) is 5.08. The zero-order chi connectivity index (χ0) is 12.8. The number of aryl methyl sites for hydroxylation is 1. The summed E-state index contributed by atoms with van der Waals surface area (Å²) < 4.78 is 6.00. The van der Waals surface area contributed by atoms with Crippen LogP contribution < -0.4 is 5.73 Å². The number of nitrogens with two attached hydrogens (primary N) is 1. The first-order valence-corrected chi connectivity index (χ1v) is 6.49. The molecule has 0 fully saturated rings. The Morgan fingerprint density at radius 1 is 1.24 bits per heavy atom. The minimum Gasteiger partial charge on any atom is -0.372 e. The first-order chi connectivity index (χ1) is 8.06. The molecular formula is C15H25NO. The lowest BCUT2D eigenvalue weighted by Crippen LogP contribution is -2.31. The molecule has 2 heteroatoms. The van der Waals surface area contributed by atoms with Crippen LogP contribution >= 0.6 is 0 Å². The van der Waals surface area contributed by atoms with Gasteiger partial charge in [-0.05, 0) is 30.4 Å². The van der Waals surface area contributed by atoms with Crippen LogP contribution in [0.25, 0.3) is 0 Å². The van der Waals surface area contributed by atoms with Crippen LogP contribution in [0.5, 0.6) is 0 Å². The van der Waals surface area contributed by atoms with Gasteiger partial charge in [0.05, 0.1) is 6.10 Å². The Morgan fingerprint density at radius 2 is 1.88 bits per heavy atom. The number of ether oxygens (including phenoxy) is 1. The van der Waals surface area contributed by atoms with Crippen LogP contribution in [0.15, 0.2) is 24.3 Å². The van der Waals surface area contributed by atoms with Gasteiger partial charge in [0.1, 0.15) is 0 Å². The van der Waals surface area contributed by atoms with E-state index in [0.717, 1.165) is 13.0 Å². The molecule has 0 aliphatic heterocycles. The molecule has 0 heterocycles. The standard InChI is InChI=1S/C15H25NO/c1-5-14(16)15(17-10-11(2)3)13-9-7-6-8-12(13)4/h6-9,11,14-15H,5,10,16H2,1-4H3. The summed E-state index contributed by atoms with van der Waals surface area (Å²) in [5, 5.41) is 0. The van der Waals surface area contributed by atoms with Gasteiger partial charge in [-0.1, -0.05) is 45.0 Å². The third-order valence-corrected chi connectivity index (χ3v) is 2.96. The minimum atomic E-state index is 0.0172. The van der Waals surface area contributed by atoms with Gasteiger partial charge < -0.3 is 10.5 Å². The van der Waals surface area contributed by atoms with E-state index in [1.165, 1.54) is 11.1 Å². The van der Waals surface area contributed by atoms with E-state index >= 15 is 0 Å². The quantitative estimate of drug-likeness (QED) is 0.819. The highest BCUT2D eigenvalue weighted by molar-refractivity contribution is 5.28. The molecule has 2 N–H and O–H groups in total. The SMILES string of the molecule is CCC(N)C(OCC(C)C)c1ccccc1C. The van der Waals surface area contributed by atoms with Gasteiger partial charge in [-0.15, -0.1) is 0 Å². The summed E-state index contributed by atoms with van der Waals surface area (Å²) in [4.78, 5) is 0.